The van der Waals surface area contributed by atoms with Crippen LogP contribution in [0.3, 0.4) is 0 Å². The zero-order valence-electron chi connectivity index (χ0n) is 12.9. The highest BCUT2D eigenvalue weighted by atomic mass is 79.9. The van der Waals surface area contributed by atoms with Crippen molar-refractivity contribution in [2.45, 2.75) is 26.7 Å². The van der Waals surface area contributed by atoms with Gasteiger partial charge in [0.1, 0.15) is 11.1 Å². The first-order chi connectivity index (χ1) is 11.0. The van der Waals surface area contributed by atoms with Crippen LogP contribution < -0.4 is 0 Å². The van der Waals surface area contributed by atoms with Crippen molar-refractivity contribution in [3.63, 3.8) is 0 Å². The molecule has 0 aliphatic heterocycles. The van der Waals surface area contributed by atoms with Crippen molar-refractivity contribution in [3.05, 3.63) is 44.7 Å². The molecule has 3 aromatic rings. The number of nitriles is 1. The normalized spacial score (nSPS) is 11.0. The number of thiophene rings is 1. The fraction of sp³-hybridized carbons (Fsp3) is 0.235. The van der Waals surface area contributed by atoms with Crippen LogP contribution in [0.1, 0.15) is 36.5 Å². The first-order valence-electron chi connectivity index (χ1n) is 7.13. The average molecular weight is 404 g/mol. The molecule has 0 saturated heterocycles. The molecular formula is C17H14BrN3S2. The quantitative estimate of drug-likeness (QED) is 0.538. The predicted molar refractivity (Wildman–Crippen MR) is 99.9 cm³/mol. The third kappa shape index (κ3) is 3.09. The molecule has 0 aliphatic carbocycles. The van der Waals surface area contributed by atoms with Crippen LogP contribution in [0.25, 0.3) is 20.5 Å². The van der Waals surface area contributed by atoms with Gasteiger partial charge >= 0.3 is 0 Å². The minimum Gasteiger partial charge on any atom is -0.192 e. The first kappa shape index (κ1) is 16.3. The van der Waals surface area contributed by atoms with Gasteiger partial charge < -0.3 is 0 Å². The Hall–Kier alpha value is -1.55. The SMILES string of the molecule is Cc1cc(Br)ccc1-c1nnc(-c2scc(C(C)C)c2C#N)s1. The van der Waals surface area contributed by atoms with E-state index >= 15 is 0 Å². The summed E-state index contributed by atoms with van der Waals surface area (Å²) in [6, 6.07) is 8.45. The van der Waals surface area contributed by atoms with Crippen molar-refractivity contribution in [1.82, 2.24) is 10.2 Å². The van der Waals surface area contributed by atoms with Crippen molar-refractivity contribution in [2.75, 3.05) is 0 Å². The minimum atomic E-state index is 0.329. The Balaban J connectivity index is 2.05. The van der Waals surface area contributed by atoms with Gasteiger partial charge in [0.15, 0.2) is 5.01 Å². The number of hydrogen-bond acceptors (Lipinski definition) is 5. The zero-order chi connectivity index (χ0) is 16.6. The van der Waals surface area contributed by atoms with Crippen molar-refractivity contribution in [2.24, 2.45) is 0 Å². The molecule has 0 fully saturated rings. The van der Waals surface area contributed by atoms with Gasteiger partial charge in [-0.1, -0.05) is 47.2 Å². The lowest BCUT2D eigenvalue weighted by Crippen LogP contribution is -1.88. The highest BCUT2D eigenvalue weighted by Gasteiger charge is 2.19. The summed E-state index contributed by atoms with van der Waals surface area (Å²) >= 11 is 6.59. The highest BCUT2D eigenvalue weighted by molar-refractivity contribution is 9.10. The number of halogens is 1. The van der Waals surface area contributed by atoms with E-state index < -0.39 is 0 Å². The second kappa shape index (κ2) is 6.52. The van der Waals surface area contributed by atoms with E-state index in [-0.39, 0.29) is 0 Å². The maximum Gasteiger partial charge on any atom is 0.159 e. The molecule has 0 unspecified atom stereocenters. The lowest BCUT2D eigenvalue weighted by Gasteiger charge is -2.02. The lowest BCUT2D eigenvalue weighted by molar-refractivity contribution is 0.869. The number of benzene rings is 1. The number of rotatable bonds is 3. The second-order valence-corrected chi connectivity index (χ2v) is 8.31. The Bertz CT molecular complexity index is 903. The van der Waals surface area contributed by atoms with Gasteiger partial charge in [0.05, 0.1) is 10.4 Å². The number of nitrogens with zero attached hydrogens (tertiary/aromatic N) is 3. The molecule has 6 heteroatoms. The van der Waals surface area contributed by atoms with Crippen molar-refractivity contribution in [3.8, 4) is 26.5 Å². The molecule has 2 heterocycles. The molecule has 0 bridgehead atoms. The fourth-order valence-electron chi connectivity index (χ4n) is 2.36. The molecule has 0 saturated carbocycles. The highest BCUT2D eigenvalue weighted by Crippen LogP contribution is 2.39. The van der Waals surface area contributed by atoms with E-state index in [1.165, 1.54) is 11.3 Å². The van der Waals surface area contributed by atoms with Crippen LogP contribution >= 0.6 is 38.6 Å². The molecule has 0 aliphatic rings. The van der Waals surface area contributed by atoms with E-state index in [0.717, 1.165) is 41.6 Å². The van der Waals surface area contributed by atoms with Gasteiger partial charge in [0.2, 0.25) is 0 Å². The summed E-state index contributed by atoms with van der Waals surface area (Å²) in [5.74, 6) is 0.329. The Kier molecular flexibility index (Phi) is 4.62. The topological polar surface area (TPSA) is 49.6 Å². The largest absolute Gasteiger partial charge is 0.192 e. The molecule has 0 atom stereocenters. The smallest absolute Gasteiger partial charge is 0.159 e. The molecule has 1 aromatic carbocycles. The Morgan fingerprint density at radius 3 is 2.61 bits per heavy atom. The number of hydrogen-bond donors (Lipinski definition) is 0. The molecule has 3 rings (SSSR count). The molecule has 0 amide bonds. The van der Waals surface area contributed by atoms with Gasteiger partial charge in [-0.25, -0.2) is 0 Å². The van der Waals surface area contributed by atoms with Gasteiger partial charge in [0, 0.05) is 10.0 Å². The van der Waals surface area contributed by atoms with E-state index in [1.54, 1.807) is 11.3 Å². The molecule has 23 heavy (non-hydrogen) atoms. The predicted octanol–water partition coefficient (Wildman–Crippen LogP) is 6.00. The zero-order valence-corrected chi connectivity index (χ0v) is 16.1. The van der Waals surface area contributed by atoms with Crippen molar-refractivity contribution in [1.29, 1.82) is 5.26 Å². The summed E-state index contributed by atoms with van der Waals surface area (Å²) in [5.41, 5.74) is 4.05. The van der Waals surface area contributed by atoms with Crippen molar-refractivity contribution < 1.29 is 0 Å². The maximum absolute atomic E-state index is 9.50. The van der Waals surface area contributed by atoms with Crippen molar-refractivity contribution >= 4 is 38.6 Å². The Labute approximate surface area is 151 Å². The third-order valence-electron chi connectivity index (χ3n) is 3.59. The van der Waals surface area contributed by atoms with Gasteiger partial charge in [-0.05, 0) is 41.5 Å². The van der Waals surface area contributed by atoms with Crippen LogP contribution in [-0.2, 0) is 0 Å². The monoisotopic (exact) mass is 403 g/mol. The lowest BCUT2D eigenvalue weighted by atomic mass is 10.0. The molecule has 116 valence electrons. The van der Waals surface area contributed by atoms with Crippen LogP contribution in [-0.4, -0.2) is 10.2 Å². The summed E-state index contributed by atoms with van der Waals surface area (Å²) in [6.45, 7) is 6.26. The van der Waals surface area contributed by atoms with Gasteiger partial charge in [-0.2, -0.15) is 5.26 Å². The van der Waals surface area contributed by atoms with Crippen LogP contribution in [0.15, 0.2) is 28.1 Å². The summed E-state index contributed by atoms with van der Waals surface area (Å²) in [6.07, 6.45) is 0. The van der Waals surface area contributed by atoms with E-state index in [9.17, 15) is 5.26 Å². The summed E-state index contributed by atoms with van der Waals surface area (Å²) < 4.78 is 1.05. The standard InChI is InChI=1S/C17H14BrN3S2/c1-9(2)14-8-22-15(13(14)7-19)17-21-20-16(23-17)12-5-4-11(18)6-10(12)3/h4-6,8-9H,1-3H3. The van der Waals surface area contributed by atoms with Crippen LogP contribution in [0, 0.1) is 18.3 Å². The average Bonchev–Trinajstić information content (AvgIpc) is 3.13. The summed E-state index contributed by atoms with van der Waals surface area (Å²) in [5, 5.41) is 21.9. The second-order valence-electron chi connectivity index (χ2n) is 5.53. The molecule has 0 radical (unpaired) electrons. The van der Waals surface area contributed by atoms with E-state index in [1.807, 2.05) is 12.1 Å². The van der Waals surface area contributed by atoms with Gasteiger partial charge in [-0.3, -0.25) is 0 Å². The summed E-state index contributed by atoms with van der Waals surface area (Å²) in [7, 11) is 0. The number of aryl methyl sites for hydroxylation is 1. The van der Waals surface area contributed by atoms with Gasteiger partial charge in [-0.15, -0.1) is 21.5 Å². The van der Waals surface area contributed by atoms with E-state index in [2.05, 4.69) is 64.4 Å². The summed E-state index contributed by atoms with van der Waals surface area (Å²) in [4.78, 5) is 0.926. The van der Waals surface area contributed by atoms with Crippen LogP contribution in [0.4, 0.5) is 0 Å². The minimum absolute atomic E-state index is 0.329. The first-order valence-corrected chi connectivity index (χ1v) is 9.62. The number of aromatic nitrogens is 2. The molecular weight excluding hydrogens is 390 g/mol. The van der Waals surface area contributed by atoms with Gasteiger partial charge in [0.25, 0.3) is 0 Å². The molecule has 2 aromatic heterocycles. The molecule has 0 spiro atoms. The van der Waals surface area contributed by atoms with Crippen LogP contribution in [0.5, 0.6) is 0 Å². The Morgan fingerprint density at radius 1 is 1.22 bits per heavy atom. The Morgan fingerprint density at radius 2 is 1.96 bits per heavy atom. The maximum atomic E-state index is 9.50. The van der Waals surface area contributed by atoms with E-state index in [4.69, 9.17) is 0 Å². The van der Waals surface area contributed by atoms with Crippen LogP contribution in [0.2, 0.25) is 0 Å². The molecule has 0 N–H and O–H groups in total. The fourth-order valence-corrected chi connectivity index (χ4v) is 5.04. The third-order valence-corrected chi connectivity index (χ3v) is 6.19. The molecule has 3 nitrogen and oxygen atoms in total. The van der Waals surface area contributed by atoms with E-state index in [0.29, 0.717) is 5.92 Å².